The van der Waals surface area contributed by atoms with Crippen molar-refractivity contribution in [2.75, 3.05) is 32.4 Å². The number of hydrogen-bond acceptors (Lipinski definition) is 4. The van der Waals surface area contributed by atoms with Crippen molar-refractivity contribution >= 4 is 21.8 Å². The third-order valence-corrected chi connectivity index (χ3v) is 4.51. The number of sulfonamides is 1. The average molecular weight is 347 g/mol. The van der Waals surface area contributed by atoms with Crippen LogP contribution < -0.4 is 4.72 Å². The number of carbonyl (C=O) groups is 2. The molecule has 0 spiro atoms. The van der Waals surface area contributed by atoms with Crippen LogP contribution in [-0.4, -0.2) is 68.5 Å². The Morgan fingerprint density at radius 3 is 1.65 bits per heavy atom. The van der Waals surface area contributed by atoms with E-state index in [2.05, 4.69) is 4.72 Å². The fraction of sp³-hybridized carbons (Fsp3) is 0.867. The summed E-state index contributed by atoms with van der Waals surface area (Å²) < 4.78 is 25.6. The van der Waals surface area contributed by atoms with Crippen molar-refractivity contribution in [3.8, 4) is 0 Å². The minimum absolute atomic E-state index is 0.0634. The summed E-state index contributed by atoms with van der Waals surface area (Å²) >= 11 is 0. The summed E-state index contributed by atoms with van der Waals surface area (Å²) in [6.07, 6.45) is 1.05. The zero-order valence-electron chi connectivity index (χ0n) is 14.9. The Balaban J connectivity index is 2.78. The van der Waals surface area contributed by atoms with Gasteiger partial charge in [-0.3, -0.25) is 9.59 Å². The fourth-order valence-corrected chi connectivity index (χ4v) is 3.39. The second-order valence-electron chi connectivity index (χ2n) is 7.49. The van der Waals surface area contributed by atoms with Gasteiger partial charge >= 0.3 is 0 Å². The lowest BCUT2D eigenvalue weighted by Gasteiger charge is -2.39. The van der Waals surface area contributed by atoms with E-state index >= 15 is 0 Å². The zero-order valence-corrected chi connectivity index (χ0v) is 15.7. The molecule has 1 fully saturated rings. The lowest BCUT2D eigenvalue weighted by atomic mass is 9.86. The van der Waals surface area contributed by atoms with Gasteiger partial charge in [0.1, 0.15) is 6.04 Å². The smallest absolute Gasteiger partial charge is 0.241 e. The highest BCUT2D eigenvalue weighted by Crippen LogP contribution is 2.22. The van der Waals surface area contributed by atoms with Crippen LogP contribution in [0.1, 0.15) is 34.6 Å². The molecule has 0 radical (unpaired) electrons. The molecule has 0 aromatic carbocycles. The molecular formula is C15H29N3O4S. The summed E-state index contributed by atoms with van der Waals surface area (Å²) in [4.78, 5) is 28.1. The summed E-state index contributed by atoms with van der Waals surface area (Å²) in [5.74, 6) is -0.218. The lowest BCUT2D eigenvalue weighted by molar-refractivity contribution is -0.143. The molecule has 0 saturated carbocycles. The van der Waals surface area contributed by atoms with E-state index in [4.69, 9.17) is 0 Å². The Morgan fingerprint density at radius 2 is 1.35 bits per heavy atom. The van der Waals surface area contributed by atoms with E-state index in [9.17, 15) is 18.0 Å². The first-order valence-electron chi connectivity index (χ1n) is 7.88. The van der Waals surface area contributed by atoms with Crippen molar-refractivity contribution in [1.82, 2.24) is 14.5 Å². The molecule has 0 aliphatic carbocycles. The van der Waals surface area contributed by atoms with Gasteiger partial charge < -0.3 is 9.80 Å². The van der Waals surface area contributed by atoms with E-state index in [0.717, 1.165) is 6.26 Å². The molecule has 2 amide bonds. The molecule has 1 N–H and O–H groups in total. The van der Waals surface area contributed by atoms with Crippen LogP contribution >= 0.6 is 0 Å². The van der Waals surface area contributed by atoms with Crippen LogP contribution in [0.3, 0.4) is 0 Å². The maximum absolute atomic E-state index is 12.7. The first-order valence-corrected chi connectivity index (χ1v) is 9.77. The molecular weight excluding hydrogens is 318 g/mol. The van der Waals surface area contributed by atoms with Crippen LogP contribution in [0.15, 0.2) is 0 Å². The van der Waals surface area contributed by atoms with Gasteiger partial charge in [0.2, 0.25) is 21.8 Å². The van der Waals surface area contributed by atoms with E-state index in [0.29, 0.717) is 26.2 Å². The summed E-state index contributed by atoms with van der Waals surface area (Å²) in [5, 5.41) is 0. The van der Waals surface area contributed by atoms with Gasteiger partial charge in [0.15, 0.2) is 0 Å². The number of piperazine rings is 1. The topological polar surface area (TPSA) is 86.8 Å². The average Bonchev–Trinajstić information content (AvgIpc) is 2.41. The van der Waals surface area contributed by atoms with Gasteiger partial charge in [-0.15, -0.1) is 0 Å². The SMILES string of the molecule is CC(C)C(=O)N1CCN(C(=O)[C@H](NS(C)(=O)=O)C(C)(C)C)CC1. The summed E-state index contributed by atoms with van der Waals surface area (Å²) in [7, 11) is -3.49. The van der Waals surface area contributed by atoms with Gasteiger partial charge in [0.25, 0.3) is 0 Å². The molecule has 0 unspecified atom stereocenters. The highest BCUT2D eigenvalue weighted by molar-refractivity contribution is 7.88. The Morgan fingerprint density at radius 1 is 0.957 bits per heavy atom. The van der Waals surface area contributed by atoms with Gasteiger partial charge in [-0.05, 0) is 5.41 Å². The molecule has 1 saturated heterocycles. The molecule has 1 atom stereocenters. The zero-order chi connectivity index (χ0) is 18.0. The standard InChI is InChI=1S/C15H29N3O4S/c1-11(2)13(19)17-7-9-18(10-8-17)14(20)12(15(3,4)5)16-23(6,21)22/h11-12,16H,7-10H2,1-6H3/t12-/m0/s1. The molecule has 1 heterocycles. The molecule has 8 heteroatoms. The molecule has 1 aliphatic heterocycles. The quantitative estimate of drug-likeness (QED) is 0.791. The van der Waals surface area contributed by atoms with E-state index in [1.54, 1.807) is 9.80 Å². The van der Waals surface area contributed by atoms with Gasteiger partial charge in [0.05, 0.1) is 6.26 Å². The Hall–Kier alpha value is -1.15. The van der Waals surface area contributed by atoms with Crippen molar-refractivity contribution in [2.45, 2.75) is 40.7 Å². The normalized spacial score (nSPS) is 18.2. The molecule has 0 aromatic heterocycles. The molecule has 23 heavy (non-hydrogen) atoms. The van der Waals surface area contributed by atoms with Gasteiger partial charge in [-0.25, -0.2) is 13.1 Å². The Kier molecular flexibility index (Phi) is 6.20. The Bertz CT molecular complexity index is 544. The van der Waals surface area contributed by atoms with Gasteiger partial charge in [-0.2, -0.15) is 0 Å². The summed E-state index contributed by atoms with van der Waals surface area (Å²) in [6, 6.07) is -0.815. The van der Waals surface area contributed by atoms with Crippen LogP contribution in [0.4, 0.5) is 0 Å². The second-order valence-corrected chi connectivity index (χ2v) is 9.27. The van der Waals surface area contributed by atoms with Crippen molar-refractivity contribution in [2.24, 2.45) is 11.3 Å². The van der Waals surface area contributed by atoms with Crippen molar-refractivity contribution < 1.29 is 18.0 Å². The first kappa shape index (κ1) is 19.9. The molecule has 134 valence electrons. The number of rotatable bonds is 4. The van der Waals surface area contributed by atoms with E-state index < -0.39 is 21.5 Å². The second kappa shape index (κ2) is 7.17. The largest absolute Gasteiger partial charge is 0.339 e. The molecule has 7 nitrogen and oxygen atoms in total. The minimum Gasteiger partial charge on any atom is -0.339 e. The number of nitrogens with one attached hydrogen (secondary N) is 1. The molecule has 1 aliphatic rings. The predicted molar refractivity (Wildman–Crippen MR) is 89.2 cm³/mol. The Labute approximate surface area is 139 Å². The number of hydrogen-bond donors (Lipinski definition) is 1. The van der Waals surface area contributed by atoms with Crippen molar-refractivity contribution in [1.29, 1.82) is 0 Å². The van der Waals surface area contributed by atoms with Crippen molar-refractivity contribution in [3.63, 3.8) is 0 Å². The predicted octanol–water partition coefficient (Wildman–Crippen LogP) is 0.277. The first-order chi connectivity index (χ1) is 10.3. The number of amides is 2. The molecule has 0 bridgehead atoms. The number of carbonyl (C=O) groups excluding carboxylic acids is 2. The van der Waals surface area contributed by atoms with Crippen LogP contribution in [0.2, 0.25) is 0 Å². The molecule has 0 aromatic rings. The highest BCUT2D eigenvalue weighted by Gasteiger charge is 2.37. The van der Waals surface area contributed by atoms with Gasteiger partial charge in [0, 0.05) is 32.1 Å². The van der Waals surface area contributed by atoms with Crippen LogP contribution in [0.5, 0.6) is 0 Å². The maximum atomic E-state index is 12.7. The lowest BCUT2D eigenvalue weighted by Crippen LogP contribution is -2.59. The van der Waals surface area contributed by atoms with Crippen LogP contribution in [0, 0.1) is 11.3 Å². The summed E-state index contributed by atoms with van der Waals surface area (Å²) in [6.45, 7) is 11.0. The van der Waals surface area contributed by atoms with Crippen LogP contribution in [0.25, 0.3) is 0 Å². The molecule has 1 rings (SSSR count). The number of nitrogens with zero attached hydrogens (tertiary/aromatic N) is 2. The maximum Gasteiger partial charge on any atom is 0.241 e. The highest BCUT2D eigenvalue weighted by atomic mass is 32.2. The van der Waals surface area contributed by atoms with Gasteiger partial charge in [-0.1, -0.05) is 34.6 Å². The minimum atomic E-state index is -3.49. The summed E-state index contributed by atoms with van der Waals surface area (Å²) in [5.41, 5.74) is -0.537. The third kappa shape index (κ3) is 5.76. The van der Waals surface area contributed by atoms with E-state index in [-0.39, 0.29) is 17.7 Å². The third-order valence-electron chi connectivity index (χ3n) is 3.84. The van der Waals surface area contributed by atoms with Crippen LogP contribution in [-0.2, 0) is 19.6 Å². The van der Waals surface area contributed by atoms with E-state index in [1.165, 1.54) is 0 Å². The fourth-order valence-electron chi connectivity index (χ4n) is 2.51. The van der Waals surface area contributed by atoms with Crippen molar-refractivity contribution in [3.05, 3.63) is 0 Å². The van der Waals surface area contributed by atoms with E-state index in [1.807, 2.05) is 34.6 Å². The monoisotopic (exact) mass is 347 g/mol.